The van der Waals surface area contributed by atoms with Gasteiger partial charge in [0.1, 0.15) is 5.75 Å². The van der Waals surface area contributed by atoms with Crippen molar-refractivity contribution in [2.24, 2.45) is 5.10 Å². The minimum atomic E-state index is -0.955. The minimum absolute atomic E-state index is 0.247. The first kappa shape index (κ1) is 23.0. The van der Waals surface area contributed by atoms with E-state index in [4.69, 9.17) is 27.9 Å². The fourth-order valence-electron chi connectivity index (χ4n) is 2.52. The molecule has 0 saturated carbocycles. The molecule has 0 heterocycles. The third-order valence-corrected chi connectivity index (χ3v) is 4.94. The summed E-state index contributed by atoms with van der Waals surface area (Å²) >= 11 is 11.7. The number of halogens is 2. The van der Waals surface area contributed by atoms with Crippen LogP contribution in [0.25, 0.3) is 0 Å². The number of nitrogens with zero attached hydrogens (tertiary/aromatic N) is 1. The molecule has 162 valence electrons. The Morgan fingerprint density at radius 2 is 1.50 bits per heavy atom. The molecule has 0 aliphatic rings. The van der Waals surface area contributed by atoms with Gasteiger partial charge in [0.25, 0.3) is 0 Å². The number of amides is 2. The summed E-state index contributed by atoms with van der Waals surface area (Å²) in [6.07, 6.45) is 0. The van der Waals surface area contributed by atoms with E-state index in [0.717, 1.165) is 0 Å². The van der Waals surface area contributed by atoms with E-state index in [1.807, 2.05) is 6.07 Å². The summed E-state index contributed by atoms with van der Waals surface area (Å²) in [6, 6.07) is 19.6. The molecule has 0 spiro atoms. The molecule has 0 radical (unpaired) electrons. The molecule has 0 aromatic heterocycles. The van der Waals surface area contributed by atoms with E-state index in [2.05, 4.69) is 15.8 Å². The first-order valence-corrected chi connectivity index (χ1v) is 10.1. The van der Waals surface area contributed by atoms with Crippen molar-refractivity contribution in [1.29, 1.82) is 0 Å². The standard InChI is InChI=1S/C23H17Cl2N3O4/c1-14(27-28-22(30)21(29)26-17-9-12-19(24)20(25)13-17)15-7-10-18(11-8-15)32-23(31)16-5-3-2-4-6-16/h2-13H,1H3,(H,26,29)(H,28,30). The molecular weight excluding hydrogens is 453 g/mol. The molecule has 7 nitrogen and oxygen atoms in total. The third kappa shape index (κ3) is 6.16. The van der Waals surface area contributed by atoms with Crippen LogP contribution in [0, 0.1) is 0 Å². The Morgan fingerprint density at radius 1 is 0.812 bits per heavy atom. The summed E-state index contributed by atoms with van der Waals surface area (Å²) in [5, 5.41) is 6.90. The van der Waals surface area contributed by atoms with Crippen LogP contribution in [-0.2, 0) is 9.59 Å². The van der Waals surface area contributed by atoms with Crippen LogP contribution < -0.4 is 15.5 Å². The Labute approximate surface area is 194 Å². The van der Waals surface area contributed by atoms with Gasteiger partial charge in [-0.2, -0.15) is 5.10 Å². The van der Waals surface area contributed by atoms with Gasteiger partial charge in [0.2, 0.25) is 0 Å². The highest BCUT2D eigenvalue weighted by Crippen LogP contribution is 2.24. The van der Waals surface area contributed by atoms with E-state index in [9.17, 15) is 14.4 Å². The number of rotatable bonds is 5. The molecule has 0 saturated heterocycles. The van der Waals surface area contributed by atoms with E-state index in [1.165, 1.54) is 18.2 Å². The SMILES string of the molecule is CC(=NNC(=O)C(=O)Nc1ccc(Cl)c(Cl)c1)c1ccc(OC(=O)c2ccccc2)cc1. The van der Waals surface area contributed by atoms with Gasteiger partial charge in [-0.15, -0.1) is 0 Å². The van der Waals surface area contributed by atoms with Crippen LogP contribution in [0.1, 0.15) is 22.8 Å². The molecule has 3 rings (SSSR count). The van der Waals surface area contributed by atoms with E-state index in [1.54, 1.807) is 55.5 Å². The van der Waals surface area contributed by atoms with Gasteiger partial charge < -0.3 is 10.1 Å². The molecule has 0 aliphatic heterocycles. The van der Waals surface area contributed by atoms with Crippen molar-refractivity contribution in [3.8, 4) is 5.75 Å². The molecule has 0 fully saturated rings. The lowest BCUT2D eigenvalue weighted by Gasteiger charge is -2.07. The highest BCUT2D eigenvalue weighted by atomic mass is 35.5. The number of nitrogens with one attached hydrogen (secondary N) is 2. The van der Waals surface area contributed by atoms with Gasteiger partial charge in [-0.3, -0.25) is 9.59 Å². The van der Waals surface area contributed by atoms with Crippen LogP contribution in [0.2, 0.25) is 10.0 Å². The second kappa shape index (κ2) is 10.6. The first-order valence-electron chi connectivity index (χ1n) is 9.32. The summed E-state index contributed by atoms with van der Waals surface area (Å²) < 4.78 is 5.32. The first-order chi connectivity index (χ1) is 15.3. The van der Waals surface area contributed by atoms with Gasteiger partial charge in [-0.25, -0.2) is 10.2 Å². The number of carbonyl (C=O) groups is 3. The largest absolute Gasteiger partial charge is 0.423 e. The highest BCUT2D eigenvalue weighted by molar-refractivity contribution is 6.43. The molecule has 0 bridgehead atoms. The van der Waals surface area contributed by atoms with Crippen molar-refractivity contribution >= 4 is 52.4 Å². The predicted octanol–water partition coefficient (Wildman–Crippen LogP) is 4.69. The number of carbonyl (C=O) groups excluding carboxylic acids is 3. The predicted molar refractivity (Wildman–Crippen MR) is 123 cm³/mol. The number of hydrogen-bond acceptors (Lipinski definition) is 5. The number of benzene rings is 3. The van der Waals surface area contributed by atoms with Gasteiger partial charge in [-0.05, 0) is 67.1 Å². The lowest BCUT2D eigenvalue weighted by atomic mass is 10.1. The Hall–Kier alpha value is -3.68. The maximum Gasteiger partial charge on any atom is 0.343 e. The molecule has 9 heteroatoms. The monoisotopic (exact) mass is 469 g/mol. The fraction of sp³-hybridized carbons (Fsp3) is 0.0435. The van der Waals surface area contributed by atoms with Crippen LogP contribution >= 0.6 is 23.2 Å². The lowest BCUT2D eigenvalue weighted by molar-refractivity contribution is -0.136. The second-order valence-electron chi connectivity index (χ2n) is 6.50. The van der Waals surface area contributed by atoms with E-state index in [-0.39, 0.29) is 5.02 Å². The van der Waals surface area contributed by atoms with Crippen LogP contribution in [-0.4, -0.2) is 23.5 Å². The van der Waals surface area contributed by atoms with Crippen molar-refractivity contribution in [3.63, 3.8) is 0 Å². The highest BCUT2D eigenvalue weighted by Gasteiger charge is 2.14. The third-order valence-electron chi connectivity index (χ3n) is 4.20. The Morgan fingerprint density at radius 3 is 2.16 bits per heavy atom. The molecule has 2 amide bonds. The molecule has 0 atom stereocenters. The van der Waals surface area contributed by atoms with Crippen molar-refractivity contribution < 1.29 is 19.1 Å². The average molecular weight is 470 g/mol. The van der Waals surface area contributed by atoms with Gasteiger partial charge >= 0.3 is 17.8 Å². The Kier molecular flexibility index (Phi) is 7.59. The van der Waals surface area contributed by atoms with Gasteiger partial charge in [0.05, 0.1) is 21.3 Å². The molecule has 2 N–H and O–H groups in total. The van der Waals surface area contributed by atoms with Gasteiger partial charge in [0, 0.05) is 5.69 Å². The number of hydrazone groups is 1. The minimum Gasteiger partial charge on any atom is -0.423 e. The van der Waals surface area contributed by atoms with E-state index < -0.39 is 17.8 Å². The molecule has 32 heavy (non-hydrogen) atoms. The zero-order valence-electron chi connectivity index (χ0n) is 16.8. The molecule has 0 unspecified atom stereocenters. The summed E-state index contributed by atoms with van der Waals surface area (Å²) in [6.45, 7) is 1.65. The van der Waals surface area contributed by atoms with Crippen molar-refractivity contribution in [1.82, 2.24) is 5.43 Å². The maximum absolute atomic E-state index is 12.1. The van der Waals surface area contributed by atoms with Crippen molar-refractivity contribution in [2.45, 2.75) is 6.92 Å². The molecule has 3 aromatic rings. The number of ether oxygens (including phenoxy) is 1. The number of anilines is 1. The summed E-state index contributed by atoms with van der Waals surface area (Å²) in [5.41, 5.74) is 4.06. The van der Waals surface area contributed by atoms with Crippen LogP contribution in [0.3, 0.4) is 0 Å². The molecule has 3 aromatic carbocycles. The average Bonchev–Trinajstić information content (AvgIpc) is 2.80. The zero-order chi connectivity index (χ0) is 23.1. The second-order valence-corrected chi connectivity index (χ2v) is 7.32. The van der Waals surface area contributed by atoms with E-state index in [0.29, 0.717) is 33.3 Å². The van der Waals surface area contributed by atoms with Crippen LogP contribution in [0.4, 0.5) is 5.69 Å². The summed E-state index contributed by atoms with van der Waals surface area (Å²) in [5.74, 6) is -1.98. The van der Waals surface area contributed by atoms with Crippen molar-refractivity contribution in [3.05, 3.63) is 94.0 Å². The van der Waals surface area contributed by atoms with Crippen LogP contribution in [0.5, 0.6) is 5.75 Å². The Balaban J connectivity index is 1.56. The van der Waals surface area contributed by atoms with Crippen LogP contribution in [0.15, 0.2) is 77.9 Å². The van der Waals surface area contributed by atoms with Gasteiger partial charge in [-0.1, -0.05) is 41.4 Å². The Bertz CT molecular complexity index is 1180. The smallest absolute Gasteiger partial charge is 0.343 e. The van der Waals surface area contributed by atoms with Gasteiger partial charge in [0.15, 0.2) is 0 Å². The zero-order valence-corrected chi connectivity index (χ0v) is 18.3. The summed E-state index contributed by atoms with van der Waals surface area (Å²) in [7, 11) is 0. The van der Waals surface area contributed by atoms with E-state index >= 15 is 0 Å². The maximum atomic E-state index is 12.1. The topological polar surface area (TPSA) is 96.9 Å². The molecular formula is C23H17Cl2N3O4. The van der Waals surface area contributed by atoms with Crippen molar-refractivity contribution in [2.75, 3.05) is 5.32 Å². The quantitative estimate of drug-likeness (QED) is 0.186. The lowest BCUT2D eigenvalue weighted by Crippen LogP contribution is -2.32. The number of hydrogen-bond donors (Lipinski definition) is 2. The molecule has 0 aliphatic carbocycles. The fourth-order valence-corrected chi connectivity index (χ4v) is 2.81. The normalized spacial score (nSPS) is 10.9. The number of esters is 1. The summed E-state index contributed by atoms with van der Waals surface area (Å²) in [4.78, 5) is 36.1.